The van der Waals surface area contributed by atoms with Crippen molar-refractivity contribution in [2.75, 3.05) is 32.7 Å². The van der Waals surface area contributed by atoms with E-state index in [0.29, 0.717) is 17.6 Å². The Morgan fingerprint density at radius 3 is 2.89 bits per heavy atom. The lowest BCUT2D eigenvalue weighted by atomic mass is 10.3. The van der Waals surface area contributed by atoms with E-state index >= 15 is 0 Å². The summed E-state index contributed by atoms with van der Waals surface area (Å²) in [5, 5.41) is 7.98. The van der Waals surface area contributed by atoms with Crippen LogP contribution in [-0.4, -0.2) is 57.0 Å². The van der Waals surface area contributed by atoms with E-state index < -0.39 is 0 Å². The highest BCUT2D eigenvalue weighted by molar-refractivity contribution is 5.72. The molecule has 102 valence electrons. The summed E-state index contributed by atoms with van der Waals surface area (Å²) in [6.07, 6.45) is 3.21. The molecule has 0 unspecified atom stereocenters. The molecule has 0 aliphatic carbocycles. The zero-order chi connectivity index (χ0) is 13.2. The van der Waals surface area contributed by atoms with Gasteiger partial charge in [0.25, 0.3) is 5.56 Å². The number of fused-ring (bicyclic) bond motifs is 1. The Morgan fingerprint density at radius 2 is 2.11 bits per heavy atom. The van der Waals surface area contributed by atoms with Crippen LogP contribution in [0.5, 0.6) is 0 Å². The fourth-order valence-corrected chi connectivity index (χ4v) is 2.41. The van der Waals surface area contributed by atoms with Crippen LogP contribution in [-0.2, 0) is 13.6 Å². The van der Waals surface area contributed by atoms with E-state index in [1.165, 1.54) is 0 Å². The third kappa shape index (κ3) is 2.39. The van der Waals surface area contributed by atoms with Crippen LogP contribution in [0.4, 0.5) is 0 Å². The molecule has 1 saturated heterocycles. The standard InChI is InChI=1S/C12H18N6O/c1-16-11-10(8-15-16)12(19)18(9-14-11)7-6-17-4-2-13-3-5-17/h8-9,13H,2-7H2,1H3. The Morgan fingerprint density at radius 1 is 1.32 bits per heavy atom. The molecule has 0 atom stereocenters. The highest BCUT2D eigenvalue weighted by Crippen LogP contribution is 2.03. The van der Waals surface area contributed by atoms with Crippen molar-refractivity contribution < 1.29 is 0 Å². The molecule has 7 heteroatoms. The van der Waals surface area contributed by atoms with Gasteiger partial charge in [-0.3, -0.25) is 18.9 Å². The zero-order valence-electron chi connectivity index (χ0n) is 11.0. The molecule has 2 aromatic rings. The van der Waals surface area contributed by atoms with Crippen molar-refractivity contribution >= 4 is 11.0 Å². The van der Waals surface area contributed by atoms with Crippen LogP contribution < -0.4 is 10.9 Å². The summed E-state index contributed by atoms with van der Waals surface area (Å²) in [6.45, 7) is 5.68. The van der Waals surface area contributed by atoms with E-state index in [4.69, 9.17) is 0 Å². The Kier molecular flexibility index (Phi) is 3.31. The summed E-state index contributed by atoms with van der Waals surface area (Å²) in [5.41, 5.74) is 0.636. The van der Waals surface area contributed by atoms with Gasteiger partial charge in [0.05, 0.1) is 6.20 Å². The van der Waals surface area contributed by atoms with E-state index in [0.717, 1.165) is 32.7 Å². The molecular formula is C12H18N6O. The SMILES string of the molecule is Cn1ncc2c(=O)n(CCN3CCNCC3)cnc21. The van der Waals surface area contributed by atoms with Gasteiger partial charge in [0.1, 0.15) is 11.7 Å². The van der Waals surface area contributed by atoms with Gasteiger partial charge in [0.2, 0.25) is 0 Å². The highest BCUT2D eigenvalue weighted by Gasteiger charge is 2.11. The van der Waals surface area contributed by atoms with E-state index in [9.17, 15) is 4.79 Å². The summed E-state index contributed by atoms with van der Waals surface area (Å²) < 4.78 is 3.30. The van der Waals surface area contributed by atoms with E-state index in [1.54, 1.807) is 28.8 Å². The number of nitrogens with one attached hydrogen (secondary N) is 1. The normalized spacial score (nSPS) is 17.1. The molecule has 0 amide bonds. The van der Waals surface area contributed by atoms with Crippen molar-refractivity contribution in [3.05, 3.63) is 22.9 Å². The summed E-state index contributed by atoms with van der Waals surface area (Å²) in [4.78, 5) is 18.9. The fraction of sp³-hybridized carbons (Fsp3) is 0.583. The molecule has 0 aromatic carbocycles. The largest absolute Gasteiger partial charge is 0.314 e. The molecule has 2 aromatic heterocycles. The first-order valence-electron chi connectivity index (χ1n) is 6.56. The van der Waals surface area contributed by atoms with Gasteiger partial charge in [-0.1, -0.05) is 0 Å². The number of aromatic nitrogens is 4. The molecule has 0 radical (unpaired) electrons. The topological polar surface area (TPSA) is 68.0 Å². The molecular weight excluding hydrogens is 244 g/mol. The maximum Gasteiger partial charge on any atom is 0.264 e. The monoisotopic (exact) mass is 262 g/mol. The second-order valence-electron chi connectivity index (χ2n) is 4.84. The van der Waals surface area contributed by atoms with Gasteiger partial charge in [0, 0.05) is 46.3 Å². The van der Waals surface area contributed by atoms with Crippen LogP contribution in [0.15, 0.2) is 17.3 Å². The maximum atomic E-state index is 12.3. The van der Waals surface area contributed by atoms with Gasteiger partial charge in [0.15, 0.2) is 5.65 Å². The lowest BCUT2D eigenvalue weighted by Crippen LogP contribution is -2.45. The molecule has 0 saturated carbocycles. The third-order valence-corrected chi connectivity index (χ3v) is 3.58. The summed E-state index contributed by atoms with van der Waals surface area (Å²) in [5.74, 6) is 0. The number of nitrogens with zero attached hydrogens (tertiary/aromatic N) is 5. The first-order valence-corrected chi connectivity index (χ1v) is 6.56. The molecule has 0 bridgehead atoms. The first-order chi connectivity index (χ1) is 9.25. The van der Waals surface area contributed by atoms with Crippen molar-refractivity contribution in [1.29, 1.82) is 0 Å². The lowest BCUT2D eigenvalue weighted by molar-refractivity contribution is 0.231. The van der Waals surface area contributed by atoms with Gasteiger partial charge in [-0.2, -0.15) is 5.10 Å². The third-order valence-electron chi connectivity index (χ3n) is 3.58. The predicted molar refractivity (Wildman–Crippen MR) is 72.1 cm³/mol. The number of hydrogen-bond donors (Lipinski definition) is 1. The Bertz CT molecular complexity index is 625. The van der Waals surface area contributed by atoms with Crippen molar-refractivity contribution in [2.24, 2.45) is 7.05 Å². The molecule has 3 heterocycles. The van der Waals surface area contributed by atoms with Crippen LogP contribution in [0.25, 0.3) is 11.0 Å². The summed E-state index contributed by atoms with van der Waals surface area (Å²) in [6, 6.07) is 0. The van der Waals surface area contributed by atoms with Crippen LogP contribution in [0.1, 0.15) is 0 Å². The Hall–Kier alpha value is -1.73. The second kappa shape index (κ2) is 5.10. The zero-order valence-corrected chi connectivity index (χ0v) is 11.0. The van der Waals surface area contributed by atoms with Crippen LogP contribution >= 0.6 is 0 Å². The van der Waals surface area contributed by atoms with Crippen LogP contribution in [0, 0.1) is 0 Å². The van der Waals surface area contributed by atoms with Crippen molar-refractivity contribution in [3.8, 4) is 0 Å². The van der Waals surface area contributed by atoms with E-state index in [1.807, 2.05) is 0 Å². The van der Waals surface area contributed by atoms with Crippen molar-refractivity contribution in [3.63, 3.8) is 0 Å². The maximum absolute atomic E-state index is 12.3. The number of aryl methyl sites for hydroxylation is 1. The number of rotatable bonds is 3. The van der Waals surface area contributed by atoms with Gasteiger partial charge in [-0.15, -0.1) is 0 Å². The molecule has 7 nitrogen and oxygen atoms in total. The number of piperazine rings is 1. The minimum atomic E-state index is -0.00626. The average Bonchev–Trinajstić information content (AvgIpc) is 2.82. The molecule has 1 N–H and O–H groups in total. The van der Waals surface area contributed by atoms with Gasteiger partial charge < -0.3 is 5.32 Å². The summed E-state index contributed by atoms with van der Waals surface area (Å²) >= 11 is 0. The lowest BCUT2D eigenvalue weighted by Gasteiger charge is -2.27. The van der Waals surface area contributed by atoms with Gasteiger partial charge in [-0.25, -0.2) is 4.98 Å². The predicted octanol–water partition coefficient (Wildman–Crippen LogP) is -0.965. The highest BCUT2D eigenvalue weighted by atomic mass is 16.1. The van der Waals surface area contributed by atoms with Gasteiger partial charge in [-0.05, 0) is 0 Å². The smallest absolute Gasteiger partial charge is 0.264 e. The second-order valence-corrected chi connectivity index (χ2v) is 4.84. The van der Waals surface area contributed by atoms with E-state index in [-0.39, 0.29) is 5.56 Å². The molecule has 0 spiro atoms. The quantitative estimate of drug-likeness (QED) is 0.771. The van der Waals surface area contributed by atoms with Crippen molar-refractivity contribution in [2.45, 2.75) is 6.54 Å². The minimum absolute atomic E-state index is 0.00626. The average molecular weight is 262 g/mol. The Labute approximate surface area is 110 Å². The molecule has 1 aliphatic heterocycles. The molecule has 1 aliphatic rings. The summed E-state index contributed by atoms with van der Waals surface area (Å²) in [7, 11) is 1.79. The fourth-order valence-electron chi connectivity index (χ4n) is 2.41. The van der Waals surface area contributed by atoms with Crippen LogP contribution in [0.3, 0.4) is 0 Å². The van der Waals surface area contributed by atoms with E-state index in [2.05, 4.69) is 20.3 Å². The molecule has 19 heavy (non-hydrogen) atoms. The van der Waals surface area contributed by atoms with Gasteiger partial charge >= 0.3 is 0 Å². The first kappa shape index (κ1) is 12.3. The Balaban J connectivity index is 1.77. The van der Waals surface area contributed by atoms with Crippen LogP contribution in [0.2, 0.25) is 0 Å². The van der Waals surface area contributed by atoms with Crippen molar-refractivity contribution in [1.82, 2.24) is 29.5 Å². The minimum Gasteiger partial charge on any atom is -0.314 e. The molecule has 1 fully saturated rings. The number of hydrogen-bond acceptors (Lipinski definition) is 5. The molecule has 3 rings (SSSR count).